The first kappa shape index (κ1) is 21.4. The van der Waals surface area contributed by atoms with Crippen molar-refractivity contribution in [1.29, 1.82) is 0 Å². The van der Waals surface area contributed by atoms with Crippen LogP contribution in [0.3, 0.4) is 0 Å². The van der Waals surface area contributed by atoms with Gasteiger partial charge in [0.05, 0.1) is 4.90 Å². The summed E-state index contributed by atoms with van der Waals surface area (Å²) in [7, 11) is 2.86. The van der Waals surface area contributed by atoms with Crippen LogP contribution in [0, 0.1) is 0 Å². The lowest BCUT2D eigenvalue weighted by Gasteiger charge is -2.24. The molecule has 0 radical (unpaired) electrons. The Hall–Kier alpha value is -2.32. The van der Waals surface area contributed by atoms with Crippen LogP contribution in [0.4, 0.5) is 0 Å². The second-order valence-corrected chi connectivity index (χ2v) is 8.82. The molecular weight excluding hydrogens is 386 g/mol. The quantitative estimate of drug-likeness (QED) is 0.541. The lowest BCUT2D eigenvalue weighted by atomic mass is 10.0. The second-order valence-electron chi connectivity index (χ2n) is 7.33. The van der Waals surface area contributed by atoms with Crippen molar-refractivity contribution in [1.82, 2.24) is 14.7 Å². The second kappa shape index (κ2) is 9.93. The maximum atomic E-state index is 12.8. The van der Waals surface area contributed by atoms with Gasteiger partial charge in [0, 0.05) is 25.2 Å². The summed E-state index contributed by atoms with van der Waals surface area (Å²) in [5.41, 5.74) is 5.70. The standard InChI is InChI=1S/C22H27N3O3S/c1-24(2)14-11-17-3-5-18(6-4-17)19-7-9-21(10-8-19)29(28)25-15-12-20(13-16-25)22(26)23-27/h3-10,12,27H,11,13-16H2,1-2H3,(H,23,26). The van der Waals surface area contributed by atoms with E-state index in [1.165, 1.54) is 5.56 Å². The molecule has 2 aromatic rings. The molecule has 0 aromatic heterocycles. The van der Waals surface area contributed by atoms with Gasteiger partial charge in [-0.1, -0.05) is 42.5 Å². The molecule has 1 aliphatic heterocycles. The third-order valence-corrected chi connectivity index (χ3v) is 6.47. The molecule has 1 amide bonds. The average molecular weight is 414 g/mol. The van der Waals surface area contributed by atoms with Crippen LogP contribution in [-0.4, -0.2) is 58.3 Å². The van der Waals surface area contributed by atoms with Gasteiger partial charge in [-0.05, 0) is 55.8 Å². The summed E-state index contributed by atoms with van der Waals surface area (Å²) in [4.78, 5) is 14.4. The van der Waals surface area contributed by atoms with E-state index in [9.17, 15) is 9.00 Å². The highest BCUT2D eigenvalue weighted by Gasteiger charge is 2.21. The van der Waals surface area contributed by atoms with Gasteiger partial charge in [0.15, 0.2) is 0 Å². The molecule has 1 aliphatic rings. The van der Waals surface area contributed by atoms with Crippen molar-refractivity contribution in [2.24, 2.45) is 0 Å². The molecule has 29 heavy (non-hydrogen) atoms. The highest BCUT2D eigenvalue weighted by Crippen LogP contribution is 2.23. The molecule has 0 aliphatic carbocycles. The number of carbonyl (C=O) groups is 1. The molecule has 1 unspecified atom stereocenters. The van der Waals surface area contributed by atoms with E-state index in [1.54, 1.807) is 11.6 Å². The van der Waals surface area contributed by atoms with Crippen molar-refractivity contribution in [3.8, 4) is 11.1 Å². The number of hydrogen-bond acceptors (Lipinski definition) is 4. The fraction of sp³-hybridized carbons (Fsp3) is 0.318. The average Bonchev–Trinajstić information content (AvgIpc) is 2.77. The van der Waals surface area contributed by atoms with Crippen LogP contribution in [0.2, 0.25) is 0 Å². The fourth-order valence-electron chi connectivity index (χ4n) is 3.21. The van der Waals surface area contributed by atoms with Gasteiger partial charge < -0.3 is 4.90 Å². The molecule has 2 aromatic carbocycles. The van der Waals surface area contributed by atoms with Gasteiger partial charge in [-0.2, -0.15) is 0 Å². The van der Waals surface area contributed by atoms with Gasteiger partial charge in [0.2, 0.25) is 0 Å². The van der Waals surface area contributed by atoms with Crippen LogP contribution in [-0.2, 0) is 22.2 Å². The molecule has 0 saturated carbocycles. The maximum absolute atomic E-state index is 12.8. The number of carbonyl (C=O) groups excluding carboxylic acids is 1. The van der Waals surface area contributed by atoms with Crippen molar-refractivity contribution in [2.45, 2.75) is 17.7 Å². The molecule has 3 rings (SSSR count). The predicted octanol–water partition coefficient (Wildman–Crippen LogP) is 2.62. The first-order valence-electron chi connectivity index (χ1n) is 9.62. The van der Waals surface area contributed by atoms with Crippen molar-refractivity contribution in [3.05, 3.63) is 65.7 Å². The number of hydroxylamine groups is 1. The smallest absolute Gasteiger partial charge is 0.270 e. The van der Waals surface area contributed by atoms with E-state index in [0.717, 1.165) is 29.0 Å². The van der Waals surface area contributed by atoms with Crippen molar-refractivity contribution < 1.29 is 14.2 Å². The maximum Gasteiger partial charge on any atom is 0.270 e. The van der Waals surface area contributed by atoms with Gasteiger partial charge >= 0.3 is 0 Å². The Morgan fingerprint density at radius 1 is 1.10 bits per heavy atom. The highest BCUT2D eigenvalue weighted by molar-refractivity contribution is 7.82. The van der Waals surface area contributed by atoms with E-state index in [-0.39, 0.29) is 0 Å². The van der Waals surface area contributed by atoms with E-state index in [0.29, 0.717) is 25.1 Å². The van der Waals surface area contributed by atoms with Gasteiger partial charge in [-0.25, -0.2) is 14.0 Å². The van der Waals surface area contributed by atoms with Crippen LogP contribution in [0.15, 0.2) is 65.1 Å². The summed E-state index contributed by atoms with van der Waals surface area (Å²) in [5.74, 6) is -0.493. The van der Waals surface area contributed by atoms with Crippen LogP contribution in [0.5, 0.6) is 0 Å². The first-order valence-corrected chi connectivity index (χ1v) is 10.7. The van der Waals surface area contributed by atoms with E-state index in [4.69, 9.17) is 5.21 Å². The Bertz CT molecular complexity index is 893. The summed E-state index contributed by atoms with van der Waals surface area (Å²) < 4.78 is 14.6. The normalized spacial score (nSPS) is 15.8. The molecule has 0 saturated heterocycles. The lowest BCUT2D eigenvalue weighted by Crippen LogP contribution is -2.34. The van der Waals surface area contributed by atoms with Crippen LogP contribution < -0.4 is 5.48 Å². The number of amides is 1. The number of likely N-dealkylation sites (N-methyl/N-ethyl adjacent to an activating group) is 1. The lowest BCUT2D eigenvalue weighted by molar-refractivity contribution is -0.125. The molecule has 0 spiro atoms. The largest absolute Gasteiger partial charge is 0.309 e. The van der Waals surface area contributed by atoms with Crippen LogP contribution in [0.25, 0.3) is 11.1 Å². The molecule has 0 fully saturated rings. The SMILES string of the molecule is CN(C)CCc1ccc(-c2ccc(S(=O)N3CC=C(C(=O)NO)CC3)cc2)cc1. The third-order valence-electron chi connectivity index (χ3n) is 4.99. The minimum atomic E-state index is -1.29. The molecule has 7 heteroatoms. The number of nitrogens with zero attached hydrogens (tertiary/aromatic N) is 2. The number of rotatable bonds is 7. The monoisotopic (exact) mass is 413 g/mol. The summed E-state index contributed by atoms with van der Waals surface area (Å²) in [6.07, 6.45) is 3.19. The van der Waals surface area contributed by atoms with Gasteiger partial charge in [-0.15, -0.1) is 0 Å². The van der Waals surface area contributed by atoms with E-state index in [1.807, 2.05) is 28.6 Å². The Balaban J connectivity index is 1.63. The molecular formula is C22H27N3O3S. The minimum Gasteiger partial charge on any atom is -0.309 e. The van der Waals surface area contributed by atoms with Gasteiger partial charge in [-0.3, -0.25) is 10.0 Å². The third kappa shape index (κ3) is 5.61. The molecule has 0 bridgehead atoms. The molecule has 2 N–H and O–H groups in total. The molecule has 1 heterocycles. The Morgan fingerprint density at radius 2 is 1.72 bits per heavy atom. The van der Waals surface area contributed by atoms with Gasteiger partial charge in [0.25, 0.3) is 5.91 Å². The summed E-state index contributed by atoms with van der Waals surface area (Å²) in [5, 5.41) is 8.71. The van der Waals surface area contributed by atoms with E-state index < -0.39 is 16.9 Å². The van der Waals surface area contributed by atoms with Crippen molar-refractivity contribution >= 4 is 16.9 Å². The Labute approximate surface area is 174 Å². The predicted molar refractivity (Wildman–Crippen MR) is 115 cm³/mol. The Kier molecular flexibility index (Phi) is 7.33. The topological polar surface area (TPSA) is 72.9 Å². The summed E-state index contributed by atoms with van der Waals surface area (Å²) in [6, 6.07) is 16.3. The molecule has 154 valence electrons. The minimum absolute atomic E-state index is 0.408. The number of hydrogen-bond donors (Lipinski definition) is 2. The molecule has 6 nitrogen and oxygen atoms in total. The molecule has 1 atom stereocenters. The zero-order valence-corrected chi connectivity index (χ0v) is 17.6. The zero-order chi connectivity index (χ0) is 20.8. The van der Waals surface area contributed by atoms with E-state index >= 15 is 0 Å². The van der Waals surface area contributed by atoms with Crippen LogP contribution >= 0.6 is 0 Å². The summed E-state index contributed by atoms with van der Waals surface area (Å²) in [6.45, 7) is 1.94. The Morgan fingerprint density at radius 3 is 2.24 bits per heavy atom. The van der Waals surface area contributed by atoms with Crippen molar-refractivity contribution in [2.75, 3.05) is 33.7 Å². The van der Waals surface area contributed by atoms with E-state index in [2.05, 4.69) is 43.3 Å². The summed E-state index contributed by atoms with van der Waals surface area (Å²) >= 11 is 0. The zero-order valence-electron chi connectivity index (χ0n) is 16.8. The fourth-order valence-corrected chi connectivity index (χ4v) is 4.34. The van der Waals surface area contributed by atoms with Crippen molar-refractivity contribution in [3.63, 3.8) is 0 Å². The van der Waals surface area contributed by atoms with Gasteiger partial charge in [0.1, 0.15) is 11.0 Å². The van der Waals surface area contributed by atoms with Crippen LogP contribution in [0.1, 0.15) is 12.0 Å². The number of benzene rings is 2. The highest BCUT2D eigenvalue weighted by atomic mass is 32.2. The number of nitrogens with one attached hydrogen (secondary N) is 1. The first-order chi connectivity index (χ1) is 14.0.